The van der Waals surface area contributed by atoms with Crippen LogP contribution >= 0.6 is 44.2 Å². The van der Waals surface area contributed by atoms with Crippen LogP contribution in [0.1, 0.15) is 7.43 Å². The zero-order valence-electron chi connectivity index (χ0n) is 3.80. The van der Waals surface area contributed by atoms with Crippen LogP contribution in [-0.2, 0) is 0 Å². The van der Waals surface area contributed by atoms with E-state index in [1.54, 1.807) is 6.20 Å². The Morgan fingerprint density at radius 1 is 1.67 bits per heavy atom. The number of nitrogens with two attached hydrogens (primary N) is 1. The average molecular weight is 276 g/mol. The first kappa shape index (κ1) is 12.1. The molecule has 0 radical (unpaired) electrons. The maximum absolute atomic E-state index is 5.26. The molecule has 0 spiro atoms. The van der Waals surface area contributed by atoms with Crippen LogP contribution in [-0.4, -0.2) is 4.98 Å². The minimum atomic E-state index is 0. The summed E-state index contributed by atoms with van der Waals surface area (Å²) in [6.07, 6.45) is 1.68. The van der Waals surface area contributed by atoms with Crippen molar-refractivity contribution >= 4 is 49.4 Å². The van der Waals surface area contributed by atoms with E-state index >= 15 is 0 Å². The molecule has 2 nitrogen and oxygen atoms in total. The molecule has 0 aliphatic carbocycles. The second-order valence-corrected chi connectivity index (χ2v) is 3.44. The van der Waals surface area contributed by atoms with Gasteiger partial charge < -0.3 is 5.73 Å². The molecule has 1 aromatic heterocycles. The van der Waals surface area contributed by atoms with Crippen LogP contribution < -0.4 is 5.73 Å². The molecule has 0 saturated carbocycles. The van der Waals surface area contributed by atoms with Gasteiger partial charge in [-0.05, 0) is 15.9 Å². The summed E-state index contributed by atoms with van der Waals surface area (Å²) in [6.45, 7) is 0. The van der Waals surface area contributed by atoms with Crippen molar-refractivity contribution in [2.75, 3.05) is 5.73 Å². The Bertz CT molecular complexity index is 149. The number of nitrogen functional groups attached to an aromatic ring is 1. The fraction of sp³-hybridized carbons (Fsp3) is 0.250. The number of rotatable bonds is 0. The van der Waals surface area contributed by atoms with Crippen LogP contribution in [0, 0.1) is 0 Å². The minimum Gasteiger partial charge on any atom is -0.375 e. The Morgan fingerprint density at radius 3 is 2.33 bits per heavy atom. The molecule has 1 rings (SSSR count). The maximum atomic E-state index is 5.26. The molecule has 0 aromatic carbocycles. The smallest absolute Gasteiger partial charge is 0.181 e. The number of hydrogen-bond acceptors (Lipinski definition) is 3. The van der Waals surface area contributed by atoms with E-state index in [2.05, 4.69) is 20.9 Å². The van der Waals surface area contributed by atoms with Gasteiger partial charge in [0.25, 0.3) is 0 Å². The highest BCUT2D eigenvalue weighted by Gasteiger charge is 1.88. The number of anilines is 1. The topological polar surface area (TPSA) is 38.9 Å². The fourth-order valence-corrected chi connectivity index (χ4v) is 1.28. The van der Waals surface area contributed by atoms with E-state index in [1.165, 1.54) is 11.3 Å². The molecule has 0 fully saturated rings. The lowest BCUT2D eigenvalue weighted by atomic mass is 11.0. The third kappa shape index (κ3) is 3.89. The molecule has 0 aliphatic rings. The van der Waals surface area contributed by atoms with E-state index in [9.17, 15) is 0 Å². The molecular weight excluding hydrogens is 268 g/mol. The van der Waals surface area contributed by atoms with E-state index in [0.717, 1.165) is 3.79 Å². The SMILES string of the molecule is Br.C.Nc1ncc(Br)s1. The normalized spacial score (nSPS) is 7.22. The lowest BCUT2D eigenvalue weighted by Crippen LogP contribution is -1.77. The Morgan fingerprint density at radius 2 is 2.22 bits per heavy atom. The van der Waals surface area contributed by atoms with Crippen molar-refractivity contribution in [3.05, 3.63) is 9.98 Å². The van der Waals surface area contributed by atoms with Crippen LogP contribution in [0.15, 0.2) is 9.98 Å². The molecule has 0 unspecified atom stereocenters. The van der Waals surface area contributed by atoms with E-state index < -0.39 is 0 Å². The van der Waals surface area contributed by atoms with Crippen LogP contribution in [0.5, 0.6) is 0 Å². The number of aromatic nitrogens is 1. The van der Waals surface area contributed by atoms with Gasteiger partial charge in [0.1, 0.15) is 0 Å². The van der Waals surface area contributed by atoms with Crippen LogP contribution in [0.25, 0.3) is 0 Å². The standard InChI is InChI=1S/C3H3BrN2S.CH4.BrH/c4-2-1-6-3(5)7-2;;/h1H,(H2,5,6);1H4;1H. The van der Waals surface area contributed by atoms with Crippen LogP contribution in [0.2, 0.25) is 0 Å². The molecular formula is C4H8Br2N2S. The summed E-state index contributed by atoms with van der Waals surface area (Å²) >= 11 is 4.63. The van der Waals surface area contributed by atoms with Gasteiger partial charge in [-0.3, -0.25) is 0 Å². The molecule has 54 valence electrons. The first-order chi connectivity index (χ1) is 3.29. The Balaban J connectivity index is 0. The maximum Gasteiger partial charge on any atom is 0.181 e. The summed E-state index contributed by atoms with van der Waals surface area (Å²) < 4.78 is 0.977. The van der Waals surface area contributed by atoms with Crippen molar-refractivity contribution in [3.63, 3.8) is 0 Å². The van der Waals surface area contributed by atoms with E-state index in [0.29, 0.717) is 5.13 Å². The fourth-order valence-electron chi connectivity index (χ4n) is 0.267. The largest absolute Gasteiger partial charge is 0.375 e. The van der Waals surface area contributed by atoms with Crippen molar-refractivity contribution in [1.82, 2.24) is 4.98 Å². The molecule has 1 heterocycles. The summed E-state index contributed by atoms with van der Waals surface area (Å²) in [7, 11) is 0. The predicted octanol–water partition coefficient (Wildman–Crippen LogP) is 2.70. The van der Waals surface area contributed by atoms with Gasteiger partial charge >= 0.3 is 0 Å². The van der Waals surface area contributed by atoms with Gasteiger partial charge in [-0.1, -0.05) is 18.8 Å². The van der Waals surface area contributed by atoms with Gasteiger partial charge in [-0.15, -0.1) is 17.0 Å². The lowest BCUT2D eigenvalue weighted by Gasteiger charge is -1.69. The molecule has 0 amide bonds. The van der Waals surface area contributed by atoms with Gasteiger partial charge in [0.15, 0.2) is 5.13 Å². The molecule has 9 heavy (non-hydrogen) atoms. The molecule has 1 aromatic rings. The van der Waals surface area contributed by atoms with E-state index in [-0.39, 0.29) is 24.4 Å². The van der Waals surface area contributed by atoms with Crippen molar-refractivity contribution < 1.29 is 0 Å². The minimum absolute atomic E-state index is 0. The summed E-state index contributed by atoms with van der Waals surface area (Å²) in [4.78, 5) is 3.77. The number of hydrogen-bond donors (Lipinski definition) is 1. The summed E-state index contributed by atoms with van der Waals surface area (Å²) in [6, 6.07) is 0. The summed E-state index contributed by atoms with van der Waals surface area (Å²) in [5.74, 6) is 0. The van der Waals surface area contributed by atoms with E-state index in [4.69, 9.17) is 5.73 Å². The van der Waals surface area contributed by atoms with Gasteiger partial charge in [-0.25, -0.2) is 4.98 Å². The van der Waals surface area contributed by atoms with Gasteiger partial charge in [0.2, 0.25) is 0 Å². The summed E-state index contributed by atoms with van der Waals surface area (Å²) in [5, 5.41) is 0.604. The third-order valence-corrected chi connectivity index (χ3v) is 1.80. The zero-order chi connectivity index (χ0) is 5.28. The number of nitrogens with zero attached hydrogens (tertiary/aromatic N) is 1. The van der Waals surface area contributed by atoms with Gasteiger partial charge in [0, 0.05) is 0 Å². The van der Waals surface area contributed by atoms with Crippen molar-refractivity contribution in [1.29, 1.82) is 0 Å². The van der Waals surface area contributed by atoms with Crippen LogP contribution in [0.3, 0.4) is 0 Å². The molecule has 2 N–H and O–H groups in total. The second-order valence-electron chi connectivity index (χ2n) is 1.00. The predicted molar refractivity (Wildman–Crippen MR) is 51.3 cm³/mol. The van der Waals surface area contributed by atoms with Crippen molar-refractivity contribution in [2.45, 2.75) is 7.43 Å². The zero-order valence-corrected chi connectivity index (χ0v) is 7.91. The highest BCUT2D eigenvalue weighted by atomic mass is 79.9. The molecule has 5 heteroatoms. The highest BCUT2D eigenvalue weighted by molar-refractivity contribution is 9.11. The van der Waals surface area contributed by atoms with E-state index in [1.807, 2.05) is 0 Å². The van der Waals surface area contributed by atoms with Crippen molar-refractivity contribution in [2.24, 2.45) is 0 Å². The number of halogens is 2. The Labute approximate surface area is 77.4 Å². The average Bonchev–Trinajstić information content (AvgIpc) is 1.87. The molecule has 0 saturated heterocycles. The Kier molecular flexibility index (Phi) is 6.99. The first-order valence-corrected chi connectivity index (χ1v) is 3.27. The molecule has 0 aliphatic heterocycles. The molecule has 0 atom stereocenters. The van der Waals surface area contributed by atoms with Crippen molar-refractivity contribution in [3.8, 4) is 0 Å². The van der Waals surface area contributed by atoms with Gasteiger partial charge in [-0.2, -0.15) is 0 Å². The summed E-state index contributed by atoms with van der Waals surface area (Å²) in [5.41, 5.74) is 5.26. The lowest BCUT2D eigenvalue weighted by molar-refractivity contribution is 1.42. The highest BCUT2D eigenvalue weighted by Crippen LogP contribution is 2.19. The number of thiazole rings is 1. The quantitative estimate of drug-likeness (QED) is 0.791. The Hall–Kier alpha value is 0.390. The first-order valence-electron chi connectivity index (χ1n) is 1.66. The monoisotopic (exact) mass is 274 g/mol. The molecule has 0 bridgehead atoms. The second kappa shape index (κ2) is 5.20. The third-order valence-electron chi connectivity index (χ3n) is 0.495. The van der Waals surface area contributed by atoms with Gasteiger partial charge in [0.05, 0.1) is 9.98 Å². The van der Waals surface area contributed by atoms with Crippen LogP contribution in [0.4, 0.5) is 5.13 Å².